The lowest BCUT2D eigenvalue weighted by Crippen LogP contribution is -2.64. The molecular weight excluding hydrogens is 162 g/mol. The van der Waals surface area contributed by atoms with E-state index < -0.39 is 0 Å². The van der Waals surface area contributed by atoms with Crippen LogP contribution in [-0.4, -0.2) is 36.7 Å². The molecule has 0 unspecified atom stereocenters. The minimum atomic E-state index is 0.185. The Labute approximate surface area is 83.3 Å². The Morgan fingerprint density at radius 2 is 1.77 bits per heavy atom. The molecule has 0 amide bonds. The third-order valence-electron chi connectivity index (χ3n) is 2.79. The van der Waals surface area contributed by atoms with E-state index in [0.29, 0.717) is 6.04 Å². The molecule has 1 rings (SSSR count). The maximum Gasteiger partial charge on any atom is 0.0928 e. The first-order chi connectivity index (χ1) is 6.13. The molecule has 0 radical (unpaired) electrons. The van der Waals surface area contributed by atoms with E-state index in [0.717, 1.165) is 19.5 Å². The summed E-state index contributed by atoms with van der Waals surface area (Å²) in [5.41, 5.74) is 0.185. The number of hydrogen-bond acceptors (Lipinski definition) is 2. The Balaban J connectivity index is 0.000000671. The van der Waals surface area contributed by atoms with Crippen molar-refractivity contribution in [3.63, 3.8) is 0 Å². The molecule has 0 atom stereocenters. The molecule has 1 saturated heterocycles. The summed E-state index contributed by atoms with van der Waals surface area (Å²) < 4.78 is 5.46. The number of nitrogens with zero attached hydrogens (tertiary/aromatic N) is 1. The Morgan fingerprint density at radius 3 is 2.00 bits per heavy atom. The molecule has 1 heterocycles. The van der Waals surface area contributed by atoms with E-state index in [4.69, 9.17) is 4.74 Å². The van der Waals surface area contributed by atoms with Crippen LogP contribution in [0, 0.1) is 0 Å². The molecule has 80 valence electrons. The van der Waals surface area contributed by atoms with Crippen LogP contribution in [0.1, 0.15) is 41.0 Å². The van der Waals surface area contributed by atoms with E-state index in [1.807, 2.05) is 21.0 Å². The first-order valence-corrected chi connectivity index (χ1v) is 5.43. The number of hydrogen-bond donors (Lipinski definition) is 0. The summed E-state index contributed by atoms with van der Waals surface area (Å²) in [6.07, 6.45) is 1.13. The van der Waals surface area contributed by atoms with Crippen molar-refractivity contribution < 1.29 is 4.74 Å². The minimum Gasteiger partial charge on any atom is -0.376 e. The lowest BCUT2D eigenvalue weighted by molar-refractivity contribution is -0.135. The molecule has 2 nitrogen and oxygen atoms in total. The van der Waals surface area contributed by atoms with Gasteiger partial charge in [-0.1, -0.05) is 20.8 Å². The molecule has 0 saturated carbocycles. The van der Waals surface area contributed by atoms with Gasteiger partial charge in [-0.15, -0.1) is 0 Å². The second-order valence-electron chi connectivity index (χ2n) is 3.74. The van der Waals surface area contributed by atoms with Gasteiger partial charge in [0.05, 0.1) is 5.60 Å². The van der Waals surface area contributed by atoms with Gasteiger partial charge in [0.25, 0.3) is 0 Å². The van der Waals surface area contributed by atoms with Gasteiger partial charge in [0.15, 0.2) is 0 Å². The number of rotatable bonds is 3. The largest absolute Gasteiger partial charge is 0.376 e. The van der Waals surface area contributed by atoms with E-state index in [9.17, 15) is 0 Å². The van der Waals surface area contributed by atoms with Crippen LogP contribution in [0.2, 0.25) is 0 Å². The van der Waals surface area contributed by atoms with E-state index in [1.165, 1.54) is 0 Å². The zero-order valence-corrected chi connectivity index (χ0v) is 10.1. The summed E-state index contributed by atoms with van der Waals surface area (Å²) in [7, 11) is 1.82. The van der Waals surface area contributed by atoms with Gasteiger partial charge in [0, 0.05) is 26.2 Å². The smallest absolute Gasteiger partial charge is 0.0928 e. The van der Waals surface area contributed by atoms with Crippen molar-refractivity contribution >= 4 is 0 Å². The molecule has 0 aromatic rings. The molecule has 0 aromatic heterocycles. The summed E-state index contributed by atoms with van der Waals surface area (Å²) >= 11 is 0. The predicted octanol–water partition coefficient (Wildman–Crippen LogP) is 2.53. The van der Waals surface area contributed by atoms with Gasteiger partial charge in [0.2, 0.25) is 0 Å². The first kappa shape index (κ1) is 12.9. The van der Waals surface area contributed by atoms with Gasteiger partial charge >= 0.3 is 0 Å². The maximum atomic E-state index is 5.46. The van der Waals surface area contributed by atoms with Crippen LogP contribution in [0.5, 0.6) is 0 Å². The first-order valence-electron chi connectivity index (χ1n) is 5.43. The summed E-state index contributed by atoms with van der Waals surface area (Å²) in [5.74, 6) is 0. The van der Waals surface area contributed by atoms with Crippen molar-refractivity contribution in [2.75, 3.05) is 20.2 Å². The number of ether oxygens (including phenoxy) is 1. The molecule has 13 heavy (non-hydrogen) atoms. The van der Waals surface area contributed by atoms with Gasteiger partial charge in [-0.2, -0.15) is 0 Å². The fraction of sp³-hybridized carbons (Fsp3) is 1.00. The minimum absolute atomic E-state index is 0.185. The fourth-order valence-electron chi connectivity index (χ4n) is 1.56. The normalized spacial score (nSPS) is 20.5. The van der Waals surface area contributed by atoms with Gasteiger partial charge in [0.1, 0.15) is 0 Å². The summed E-state index contributed by atoms with van der Waals surface area (Å²) in [4.78, 5) is 2.44. The van der Waals surface area contributed by atoms with Crippen molar-refractivity contribution in [2.45, 2.75) is 52.7 Å². The van der Waals surface area contributed by atoms with Crippen LogP contribution in [0.3, 0.4) is 0 Å². The average molecular weight is 187 g/mol. The zero-order valence-electron chi connectivity index (χ0n) is 10.1. The van der Waals surface area contributed by atoms with E-state index in [-0.39, 0.29) is 5.60 Å². The molecule has 0 spiro atoms. The maximum absolute atomic E-state index is 5.46. The summed E-state index contributed by atoms with van der Waals surface area (Å²) in [5, 5.41) is 0. The standard InChI is InChI=1S/C9H19NO.C2H6/c1-5-9(11-4)6-10(7-9)8(2)3;1-2/h8H,5-7H2,1-4H3;1-2H3. The molecule has 2 heteroatoms. The summed E-state index contributed by atoms with van der Waals surface area (Å²) in [6, 6.07) is 0.671. The third-order valence-corrected chi connectivity index (χ3v) is 2.79. The molecule has 1 aliphatic rings. The van der Waals surface area contributed by atoms with Crippen LogP contribution < -0.4 is 0 Å². The second kappa shape index (κ2) is 5.61. The molecular formula is C11H25NO. The van der Waals surface area contributed by atoms with Crippen molar-refractivity contribution in [3.05, 3.63) is 0 Å². The average Bonchev–Trinajstić information content (AvgIpc) is 2.08. The van der Waals surface area contributed by atoms with Crippen LogP contribution >= 0.6 is 0 Å². The topological polar surface area (TPSA) is 12.5 Å². The van der Waals surface area contributed by atoms with Gasteiger partial charge in [-0.3, -0.25) is 4.90 Å². The lowest BCUT2D eigenvalue weighted by atomic mass is 9.90. The highest BCUT2D eigenvalue weighted by Crippen LogP contribution is 2.29. The Kier molecular flexibility index (Phi) is 5.57. The Bertz CT molecular complexity index is 122. The molecule has 0 N–H and O–H groups in total. The van der Waals surface area contributed by atoms with Crippen molar-refractivity contribution in [3.8, 4) is 0 Å². The number of methoxy groups -OCH3 is 1. The second-order valence-corrected chi connectivity index (χ2v) is 3.74. The number of likely N-dealkylation sites (tertiary alicyclic amines) is 1. The molecule has 0 bridgehead atoms. The van der Waals surface area contributed by atoms with Crippen LogP contribution in [0.25, 0.3) is 0 Å². The molecule has 0 aliphatic carbocycles. The van der Waals surface area contributed by atoms with Crippen LogP contribution in [0.15, 0.2) is 0 Å². The highest BCUT2D eigenvalue weighted by Gasteiger charge is 2.42. The van der Waals surface area contributed by atoms with Crippen molar-refractivity contribution in [2.24, 2.45) is 0 Å². The highest BCUT2D eigenvalue weighted by atomic mass is 16.5. The Hall–Kier alpha value is -0.0800. The van der Waals surface area contributed by atoms with Crippen LogP contribution in [0.4, 0.5) is 0 Å². The molecule has 1 fully saturated rings. The van der Waals surface area contributed by atoms with Gasteiger partial charge < -0.3 is 4.74 Å². The fourth-order valence-corrected chi connectivity index (χ4v) is 1.56. The zero-order chi connectivity index (χ0) is 10.5. The highest BCUT2D eigenvalue weighted by molar-refractivity contribution is 4.97. The SMILES string of the molecule is CC.CCC1(OC)CN(C(C)C)C1. The van der Waals surface area contributed by atoms with Gasteiger partial charge in [-0.05, 0) is 20.3 Å². The monoisotopic (exact) mass is 187 g/mol. The van der Waals surface area contributed by atoms with Crippen molar-refractivity contribution in [1.82, 2.24) is 4.90 Å². The summed E-state index contributed by atoms with van der Waals surface area (Å²) in [6.45, 7) is 12.9. The van der Waals surface area contributed by atoms with Gasteiger partial charge in [-0.25, -0.2) is 0 Å². The van der Waals surface area contributed by atoms with E-state index >= 15 is 0 Å². The third kappa shape index (κ3) is 2.96. The quantitative estimate of drug-likeness (QED) is 0.673. The molecule has 1 aliphatic heterocycles. The molecule has 0 aromatic carbocycles. The Morgan fingerprint density at radius 1 is 1.31 bits per heavy atom. The van der Waals surface area contributed by atoms with E-state index in [2.05, 4.69) is 25.7 Å². The van der Waals surface area contributed by atoms with Crippen LogP contribution in [-0.2, 0) is 4.74 Å². The van der Waals surface area contributed by atoms with E-state index in [1.54, 1.807) is 0 Å². The lowest BCUT2D eigenvalue weighted by Gasteiger charge is -2.50. The predicted molar refractivity (Wildman–Crippen MR) is 58.1 cm³/mol. The van der Waals surface area contributed by atoms with Crippen molar-refractivity contribution in [1.29, 1.82) is 0 Å².